The van der Waals surface area contributed by atoms with E-state index in [1.54, 1.807) is 7.11 Å². The predicted molar refractivity (Wildman–Crippen MR) is 98.2 cm³/mol. The SMILES string of the molecule is CCOCCC(=C(F)B1OC(C)(C)C(C)(C)O1)c1ccccc1OC. The Kier molecular flexibility index (Phi) is 6.30. The highest BCUT2D eigenvalue weighted by Gasteiger charge is 2.53. The number of halogens is 1. The molecule has 138 valence electrons. The Morgan fingerprint density at radius 3 is 2.28 bits per heavy atom. The molecule has 25 heavy (non-hydrogen) atoms. The second kappa shape index (κ2) is 7.89. The Hall–Kier alpha value is -1.37. The Balaban J connectivity index is 2.42. The van der Waals surface area contributed by atoms with Gasteiger partial charge < -0.3 is 18.8 Å². The van der Waals surface area contributed by atoms with Crippen LogP contribution >= 0.6 is 0 Å². The molecule has 1 aromatic carbocycles. The highest BCUT2D eigenvalue weighted by molar-refractivity contribution is 6.55. The van der Waals surface area contributed by atoms with Gasteiger partial charge in [-0.2, -0.15) is 0 Å². The Bertz CT molecular complexity index is 612. The first-order valence-electron chi connectivity index (χ1n) is 8.69. The minimum Gasteiger partial charge on any atom is -0.496 e. The standard InChI is InChI=1S/C19H28BFO4/c1-7-23-13-12-15(14-10-8-9-11-16(14)22-6)17(21)20-24-18(2,3)19(4,5)25-20/h8-11H,7,12-13H2,1-6H3. The first-order chi connectivity index (χ1) is 11.7. The van der Waals surface area contributed by atoms with E-state index in [2.05, 4.69) is 0 Å². The average molecular weight is 350 g/mol. The number of rotatable bonds is 7. The van der Waals surface area contributed by atoms with Crippen LogP contribution in [0.4, 0.5) is 4.39 Å². The average Bonchev–Trinajstić information content (AvgIpc) is 2.79. The maximum absolute atomic E-state index is 15.4. The maximum atomic E-state index is 15.4. The van der Waals surface area contributed by atoms with E-state index in [1.165, 1.54) is 0 Å². The van der Waals surface area contributed by atoms with Crippen LogP contribution < -0.4 is 4.74 Å². The number of benzene rings is 1. The van der Waals surface area contributed by atoms with Gasteiger partial charge in [-0.05, 0) is 52.7 Å². The molecule has 0 amide bonds. The van der Waals surface area contributed by atoms with Gasteiger partial charge in [0.15, 0.2) is 0 Å². The van der Waals surface area contributed by atoms with E-state index in [-0.39, 0.29) is 0 Å². The Morgan fingerprint density at radius 2 is 1.72 bits per heavy atom. The van der Waals surface area contributed by atoms with Crippen molar-refractivity contribution in [3.63, 3.8) is 0 Å². The molecule has 0 aromatic heterocycles. The normalized spacial score (nSPS) is 19.7. The number of hydrogen-bond acceptors (Lipinski definition) is 4. The van der Waals surface area contributed by atoms with Gasteiger partial charge in [-0.15, -0.1) is 0 Å². The lowest BCUT2D eigenvalue weighted by Crippen LogP contribution is -2.41. The van der Waals surface area contributed by atoms with Gasteiger partial charge in [-0.1, -0.05) is 18.2 Å². The fourth-order valence-corrected chi connectivity index (χ4v) is 2.68. The third-order valence-corrected chi connectivity index (χ3v) is 4.88. The van der Waals surface area contributed by atoms with E-state index in [0.717, 1.165) is 0 Å². The molecular weight excluding hydrogens is 322 g/mol. The summed E-state index contributed by atoms with van der Waals surface area (Å²) in [5, 5.41) is 0. The van der Waals surface area contributed by atoms with Gasteiger partial charge in [0.25, 0.3) is 0 Å². The molecule has 0 saturated carbocycles. The molecule has 0 N–H and O–H groups in total. The predicted octanol–water partition coefficient (Wildman–Crippen LogP) is 4.43. The molecular formula is C19H28BFO4. The monoisotopic (exact) mass is 350 g/mol. The zero-order chi connectivity index (χ0) is 18.7. The van der Waals surface area contributed by atoms with Crippen LogP contribution in [0.3, 0.4) is 0 Å². The van der Waals surface area contributed by atoms with Gasteiger partial charge in [-0.25, -0.2) is 4.39 Å². The molecule has 6 heteroatoms. The third kappa shape index (κ3) is 4.25. The van der Waals surface area contributed by atoms with Crippen molar-refractivity contribution in [2.45, 2.75) is 52.2 Å². The van der Waals surface area contributed by atoms with Crippen LogP contribution in [0.15, 0.2) is 30.0 Å². The molecule has 4 nitrogen and oxygen atoms in total. The molecule has 1 aromatic rings. The summed E-state index contributed by atoms with van der Waals surface area (Å²) >= 11 is 0. The van der Waals surface area contributed by atoms with Crippen molar-refractivity contribution in [2.75, 3.05) is 20.3 Å². The van der Waals surface area contributed by atoms with Gasteiger partial charge in [0.2, 0.25) is 0 Å². The molecule has 1 fully saturated rings. The molecule has 0 bridgehead atoms. The van der Waals surface area contributed by atoms with Gasteiger partial charge in [0, 0.05) is 12.2 Å². The van der Waals surface area contributed by atoms with E-state index in [1.807, 2.05) is 58.9 Å². The molecule has 0 radical (unpaired) electrons. The van der Waals surface area contributed by atoms with Crippen LogP contribution in [0.1, 0.15) is 46.6 Å². The topological polar surface area (TPSA) is 36.9 Å². The molecule has 1 aliphatic rings. The third-order valence-electron chi connectivity index (χ3n) is 4.88. The number of methoxy groups -OCH3 is 1. The Morgan fingerprint density at radius 1 is 1.12 bits per heavy atom. The second-order valence-corrected chi connectivity index (χ2v) is 7.06. The fraction of sp³-hybridized carbons (Fsp3) is 0.579. The zero-order valence-electron chi connectivity index (χ0n) is 16.0. The van der Waals surface area contributed by atoms with Crippen LogP contribution in [0, 0.1) is 0 Å². The van der Waals surface area contributed by atoms with E-state index < -0.39 is 24.0 Å². The second-order valence-electron chi connectivity index (χ2n) is 7.06. The van der Waals surface area contributed by atoms with Crippen molar-refractivity contribution in [2.24, 2.45) is 0 Å². The zero-order valence-corrected chi connectivity index (χ0v) is 16.0. The summed E-state index contributed by atoms with van der Waals surface area (Å²) in [5.41, 5.74) is -0.439. The molecule has 1 heterocycles. The maximum Gasteiger partial charge on any atom is 0.525 e. The van der Waals surface area contributed by atoms with Crippen molar-refractivity contribution in [1.29, 1.82) is 0 Å². The molecule has 1 saturated heterocycles. The van der Waals surface area contributed by atoms with Crippen LogP contribution in [-0.4, -0.2) is 38.6 Å². The molecule has 0 unspecified atom stereocenters. The molecule has 0 atom stereocenters. The minimum absolute atomic E-state index is 0.407. The first kappa shape index (κ1) is 20.0. The summed E-state index contributed by atoms with van der Waals surface area (Å²) in [7, 11) is 0.539. The van der Waals surface area contributed by atoms with Crippen LogP contribution in [-0.2, 0) is 14.0 Å². The van der Waals surface area contributed by atoms with E-state index in [0.29, 0.717) is 36.5 Å². The highest BCUT2D eigenvalue weighted by Crippen LogP contribution is 2.41. The van der Waals surface area contributed by atoms with E-state index in [9.17, 15) is 0 Å². The molecule has 1 aliphatic heterocycles. The lowest BCUT2D eigenvalue weighted by atomic mass is 9.81. The molecule has 2 rings (SSSR count). The van der Waals surface area contributed by atoms with Crippen molar-refractivity contribution in [3.05, 3.63) is 35.6 Å². The summed E-state index contributed by atoms with van der Waals surface area (Å²) in [4.78, 5) is 0. The largest absolute Gasteiger partial charge is 0.525 e. The lowest BCUT2D eigenvalue weighted by Gasteiger charge is -2.32. The fourth-order valence-electron chi connectivity index (χ4n) is 2.68. The summed E-state index contributed by atoms with van der Waals surface area (Å²) in [6.07, 6.45) is 0.407. The van der Waals surface area contributed by atoms with Crippen molar-refractivity contribution in [1.82, 2.24) is 0 Å². The van der Waals surface area contributed by atoms with Crippen molar-refractivity contribution < 1.29 is 23.2 Å². The molecule has 0 spiro atoms. The van der Waals surface area contributed by atoms with Crippen molar-refractivity contribution in [3.8, 4) is 5.75 Å². The van der Waals surface area contributed by atoms with E-state index >= 15 is 4.39 Å². The molecule has 0 aliphatic carbocycles. The van der Waals surface area contributed by atoms with Gasteiger partial charge >= 0.3 is 7.12 Å². The van der Waals surface area contributed by atoms with Gasteiger partial charge in [0.05, 0.1) is 24.9 Å². The highest BCUT2D eigenvalue weighted by atomic mass is 19.1. The summed E-state index contributed by atoms with van der Waals surface area (Å²) in [5.74, 6) is 0.612. The van der Waals surface area contributed by atoms with Gasteiger partial charge in [-0.3, -0.25) is 0 Å². The lowest BCUT2D eigenvalue weighted by molar-refractivity contribution is 0.00578. The van der Waals surface area contributed by atoms with Crippen LogP contribution in [0.5, 0.6) is 5.75 Å². The Labute approximate surface area is 150 Å². The van der Waals surface area contributed by atoms with E-state index in [4.69, 9.17) is 18.8 Å². The smallest absolute Gasteiger partial charge is 0.496 e. The first-order valence-corrected chi connectivity index (χ1v) is 8.69. The number of para-hydroxylation sites is 1. The van der Waals surface area contributed by atoms with Crippen molar-refractivity contribution >= 4 is 12.7 Å². The minimum atomic E-state index is -1.04. The van der Waals surface area contributed by atoms with Crippen LogP contribution in [0.25, 0.3) is 5.57 Å². The van der Waals surface area contributed by atoms with Crippen LogP contribution in [0.2, 0.25) is 0 Å². The summed E-state index contributed by atoms with van der Waals surface area (Å²) in [6, 6.07) is 7.36. The number of ether oxygens (including phenoxy) is 2. The quantitative estimate of drug-likeness (QED) is 0.538. The van der Waals surface area contributed by atoms with Gasteiger partial charge in [0.1, 0.15) is 11.5 Å². The summed E-state index contributed by atoms with van der Waals surface area (Å²) in [6.45, 7) is 10.5. The number of hydrogen-bond donors (Lipinski definition) is 0. The summed E-state index contributed by atoms with van der Waals surface area (Å²) < 4.78 is 38.0.